The van der Waals surface area contributed by atoms with Crippen LogP contribution in [0, 0.1) is 5.82 Å². The highest BCUT2D eigenvalue weighted by Crippen LogP contribution is 2.29. The van der Waals surface area contributed by atoms with Crippen LogP contribution in [0.5, 0.6) is 5.75 Å². The third-order valence-corrected chi connectivity index (χ3v) is 3.03. The summed E-state index contributed by atoms with van der Waals surface area (Å²) in [6, 6.07) is 11.9. The summed E-state index contributed by atoms with van der Waals surface area (Å²) in [7, 11) is 1.48. The number of ether oxygens (including phenoxy) is 1. The number of hydrogen-bond acceptors (Lipinski definition) is 4. The Bertz CT molecular complexity index is 789. The number of para-hydroxylation sites is 2. The quantitative estimate of drug-likeness (QED) is 0.776. The Morgan fingerprint density at radius 1 is 1.05 bits per heavy atom. The molecule has 0 spiro atoms. The summed E-state index contributed by atoms with van der Waals surface area (Å²) in [4.78, 5) is 8.65. The largest absolute Gasteiger partial charge is 0.497 e. The topological polar surface area (TPSA) is 61.0 Å². The van der Waals surface area contributed by atoms with Gasteiger partial charge < -0.3 is 10.5 Å². The number of nitrogens with zero attached hydrogens (tertiary/aromatic N) is 2. The SMILES string of the molecule is COc1ccc(-c2nc3ccccc3nc2N)c(F)c1. The molecule has 0 radical (unpaired) electrons. The predicted molar refractivity (Wildman–Crippen MR) is 75.9 cm³/mol. The lowest BCUT2D eigenvalue weighted by Gasteiger charge is -2.08. The van der Waals surface area contributed by atoms with Crippen LogP contribution in [0.3, 0.4) is 0 Å². The van der Waals surface area contributed by atoms with Gasteiger partial charge in [-0.1, -0.05) is 12.1 Å². The molecule has 0 atom stereocenters. The highest BCUT2D eigenvalue weighted by atomic mass is 19.1. The van der Waals surface area contributed by atoms with Crippen molar-refractivity contribution >= 4 is 16.9 Å². The molecule has 20 heavy (non-hydrogen) atoms. The molecule has 4 nitrogen and oxygen atoms in total. The first-order valence-electron chi connectivity index (χ1n) is 6.05. The lowest BCUT2D eigenvalue weighted by Crippen LogP contribution is -2.00. The molecule has 1 aromatic heterocycles. The van der Waals surface area contributed by atoms with Gasteiger partial charge in [-0.05, 0) is 24.3 Å². The highest BCUT2D eigenvalue weighted by Gasteiger charge is 2.13. The van der Waals surface area contributed by atoms with Gasteiger partial charge in [0.2, 0.25) is 0 Å². The summed E-state index contributed by atoms with van der Waals surface area (Å²) in [5.74, 6) is 0.201. The van der Waals surface area contributed by atoms with Gasteiger partial charge in [-0.3, -0.25) is 0 Å². The minimum Gasteiger partial charge on any atom is -0.497 e. The number of nitrogens with two attached hydrogens (primary N) is 1. The van der Waals surface area contributed by atoms with E-state index in [1.165, 1.54) is 13.2 Å². The second kappa shape index (κ2) is 4.77. The third kappa shape index (κ3) is 2.03. The lowest BCUT2D eigenvalue weighted by molar-refractivity contribution is 0.411. The molecule has 0 unspecified atom stereocenters. The zero-order chi connectivity index (χ0) is 14.1. The second-order valence-corrected chi connectivity index (χ2v) is 4.29. The Morgan fingerprint density at radius 2 is 1.75 bits per heavy atom. The van der Waals surface area contributed by atoms with Crippen molar-refractivity contribution in [1.82, 2.24) is 9.97 Å². The number of anilines is 1. The number of halogens is 1. The van der Waals surface area contributed by atoms with E-state index in [2.05, 4.69) is 9.97 Å². The molecule has 0 saturated heterocycles. The molecular formula is C15H12FN3O. The van der Waals surface area contributed by atoms with Gasteiger partial charge in [0, 0.05) is 11.6 Å². The number of nitrogen functional groups attached to an aromatic ring is 1. The first-order valence-corrected chi connectivity index (χ1v) is 6.05. The maximum atomic E-state index is 14.1. The minimum atomic E-state index is -0.444. The van der Waals surface area contributed by atoms with E-state index in [1.807, 2.05) is 24.3 Å². The van der Waals surface area contributed by atoms with Crippen LogP contribution < -0.4 is 10.5 Å². The van der Waals surface area contributed by atoms with E-state index in [0.29, 0.717) is 28.0 Å². The van der Waals surface area contributed by atoms with E-state index < -0.39 is 5.82 Å². The molecule has 1 heterocycles. The van der Waals surface area contributed by atoms with Crippen molar-refractivity contribution in [2.75, 3.05) is 12.8 Å². The van der Waals surface area contributed by atoms with Gasteiger partial charge in [0.05, 0.1) is 18.1 Å². The molecule has 2 aromatic carbocycles. The zero-order valence-corrected chi connectivity index (χ0v) is 10.8. The molecule has 3 rings (SSSR count). The maximum absolute atomic E-state index is 14.1. The fourth-order valence-corrected chi connectivity index (χ4v) is 2.03. The molecular weight excluding hydrogens is 257 g/mol. The third-order valence-electron chi connectivity index (χ3n) is 3.03. The van der Waals surface area contributed by atoms with Gasteiger partial charge in [-0.25, -0.2) is 14.4 Å². The highest BCUT2D eigenvalue weighted by molar-refractivity contribution is 5.82. The second-order valence-electron chi connectivity index (χ2n) is 4.29. The van der Waals surface area contributed by atoms with E-state index in [4.69, 9.17) is 10.5 Å². The molecule has 0 amide bonds. The van der Waals surface area contributed by atoms with Crippen LogP contribution in [-0.4, -0.2) is 17.1 Å². The van der Waals surface area contributed by atoms with Crippen LogP contribution in [0.25, 0.3) is 22.3 Å². The molecule has 0 saturated carbocycles. The molecule has 3 aromatic rings. The standard InChI is InChI=1S/C15H12FN3O/c1-20-9-6-7-10(11(16)8-9)14-15(17)19-13-5-3-2-4-12(13)18-14/h2-8H,1H3,(H2,17,19). The predicted octanol–water partition coefficient (Wildman–Crippen LogP) is 3.03. The molecule has 0 aliphatic carbocycles. The van der Waals surface area contributed by atoms with Gasteiger partial charge >= 0.3 is 0 Å². The van der Waals surface area contributed by atoms with Crippen LogP contribution in [-0.2, 0) is 0 Å². The van der Waals surface area contributed by atoms with Crippen molar-refractivity contribution in [3.63, 3.8) is 0 Å². The monoisotopic (exact) mass is 269 g/mol. The van der Waals surface area contributed by atoms with Gasteiger partial charge in [-0.2, -0.15) is 0 Å². The Kier molecular flexibility index (Phi) is 2.95. The van der Waals surface area contributed by atoms with E-state index >= 15 is 0 Å². The van der Waals surface area contributed by atoms with E-state index in [-0.39, 0.29) is 5.82 Å². The Morgan fingerprint density at radius 3 is 2.40 bits per heavy atom. The molecule has 2 N–H and O–H groups in total. The summed E-state index contributed by atoms with van der Waals surface area (Å²) >= 11 is 0. The van der Waals surface area contributed by atoms with E-state index in [1.54, 1.807) is 12.1 Å². The first-order chi connectivity index (χ1) is 9.69. The molecule has 100 valence electrons. The van der Waals surface area contributed by atoms with Crippen molar-refractivity contribution in [2.24, 2.45) is 0 Å². The van der Waals surface area contributed by atoms with Crippen LogP contribution in [0.2, 0.25) is 0 Å². The molecule has 0 bridgehead atoms. The number of hydrogen-bond donors (Lipinski definition) is 1. The average molecular weight is 269 g/mol. The number of rotatable bonds is 2. The maximum Gasteiger partial charge on any atom is 0.150 e. The number of benzene rings is 2. The van der Waals surface area contributed by atoms with Gasteiger partial charge in [-0.15, -0.1) is 0 Å². The summed E-state index contributed by atoms with van der Waals surface area (Å²) in [5, 5.41) is 0. The molecule has 0 aliphatic heterocycles. The summed E-state index contributed by atoms with van der Waals surface area (Å²) < 4.78 is 19.1. The van der Waals surface area contributed by atoms with Crippen LogP contribution in [0.4, 0.5) is 10.2 Å². The van der Waals surface area contributed by atoms with Crippen molar-refractivity contribution in [1.29, 1.82) is 0 Å². The summed E-state index contributed by atoms with van der Waals surface area (Å²) in [6.45, 7) is 0. The number of fused-ring (bicyclic) bond motifs is 1. The van der Waals surface area contributed by atoms with Crippen molar-refractivity contribution in [3.8, 4) is 17.0 Å². The van der Waals surface area contributed by atoms with Crippen LogP contribution in [0.1, 0.15) is 0 Å². The van der Waals surface area contributed by atoms with Crippen LogP contribution in [0.15, 0.2) is 42.5 Å². The first kappa shape index (κ1) is 12.3. The Balaban J connectivity index is 2.21. The van der Waals surface area contributed by atoms with Crippen molar-refractivity contribution in [3.05, 3.63) is 48.3 Å². The van der Waals surface area contributed by atoms with Crippen molar-refractivity contribution < 1.29 is 9.13 Å². The van der Waals surface area contributed by atoms with Crippen molar-refractivity contribution in [2.45, 2.75) is 0 Å². The summed E-state index contributed by atoms with van der Waals surface area (Å²) in [5.41, 5.74) is 7.89. The van der Waals surface area contributed by atoms with Gasteiger partial charge in [0.25, 0.3) is 0 Å². The van der Waals surface area contributed by atoms with E-state index in [0.717, 1.165) is 0 Å². The number of aromatic nitrogens is 2. The summed E-state index contributed by atoms with van der Waals surface area (Å²) in [6.07, 6.45) is 0. The fourth-order valence-electron chi connectivity index (χ4n) is 2.03. The lowest BCUT2D eigenvalue weighted by atomic mass is 10.1. The molecule has 0 fully saturated rings. The molecule has 0 aliphatic rings. The number of methoxy groups -OCH3 is 1. The Labute approximate surface area is 115 Å². The molecule has 5 heteroatoms. The average Bonchev–Trinajstić information content (AvgIpc) is 2.46. The van der Waals surface area contributed by atoms with Crippen LogP contribution >= 0.6 is 0 Å². The Hall–Kier alpha value is -2.69. The normalized spacial score (nSPS) is 10.7. The van der Waals surface area contributed by atoms with Gasteiger partial charge in [0.1, 0.15) is 17.3 Å². The zero-order valence-electron chi connectivity index (χ0n) is 10.8. The van der Waals surface area contributed by atoms with Gasteiger partial charge in [0.15, 0.2) is 5.82 Å². The minimum absolute atomic E-state index is 0.202. The fraction of sp³-hybridized carbons (Fsp3) is 0.0667. The van der Waals surface area contributed by atoms with E-state index in [9.17, 15) is 4.39 Å². The smallest absolute Gasteiger partial charge is 0.150 e.